The molecule has 3 aromatic carbocycles. The Morgan fingerprint density at radius 1 is 0.659 bits per heavy atom. The van der Waals surface area contributed by atoms with Crippen LogP contribution in [-0.4, -0.2) is 30.4 Å². The number of isocyanates is 3. The van der Waals surface area contributed by atoms with Gasteiger partial charge in [0.2, 0.25) is 18.2 Å². The first kappa shape index (κ1) is 30.6. The smallest absolute Gasteiger partial charge is 0.407 e. The van der Waals surface area contributed by atoms with Crippen LogP contribution in [-0.2, 0) is 58.1 Å². The van der Waals surface area contributed by atoms with E-state index in [4.69, 9.17) is 4.74 Å². The number of aliphatic imine (C=N–C) groups is 3. The Morgan fingerprint density at radius 3 is 1.41 bits per heavy atom. The van der Waals surface area contributed by atoms with Crippen LogP contribution in [0.4, 0.5) is 4.79 Å². The predicted octanol–water partition coefficient (Wildman–Crippen LogP) is 5.30. The van der Waals surface area contributed by atoms with Crippen molar-refractivity contribution in [3.8, 4) is 0 Å². The molecule has 1 unspecified atom stereocenters. The molecule has 3 rings (SSSR count). The maximum absolute atomic E-state index is 12.5. The molecular formula is C32H32N4O5. The van der Waals surface area contributed by atoms with Crippen LogP contribution in [0.1, 0.15) is 46.7 Å². The lowest BCUT2D eigenvalue weighted by Gasteiger charge is -2.22. The third-order valence-electron chi connectivity index (χ3n) is 6.51. The van der Waals surface area contributed by atoms with Crippen LogP contribution in [0.2, 0.25) is 0 Å². The summed E-state index contributed by atoms with van der Waals surface area (Å²) in [6.07, 6.45) is 6.00. The highest BCUT2D eigenvalue weighted by atomic mass is 16.6. The minimum absolute atomic E-state index is 0.178. The first-order valence-electron chi connectivity index (χ1n) is 13.3. The molecule has 3 aromatic rings. The third-order valence-corrected chi connectivity index (χ3v) is 6.51. The van der Waals surface area contributed by atoms with Gasteiger partial charge in [0.1, 0.15) is 6.10 Å². The van der Waals surface area contributed by atoms with E-state index in [1.165, 1.54) is 6.08 Å². The lowest BCUT2D eigenvalue weighted by molar-refractivity contribution is 0.0917. The molecule has 0 saturated heterocycles. The molecule has 0 aliphatic rings. The largest absolute Gasteiger partial charge is 0.447 e. The Kier molecular flexibility index (Phi) is 12.6. The van der Waals surface area contributed by atoms with Gasteiger partial charge in [-0.2, -0.15) is 0 Å². The molecule has 0 aliphatic carbocycles. The molecular weight excluding hydrogens is 520 g/mol. The molecule has 1 amide bonds. The van der Waals surface area contributed by atoms with Crippen molar-refractivity contribution in [3.63, 3.8) is 0 Å². The van der Waals surface area contributed by atoms with Gasteiger partial charge in [0.05, 0.1) is 19.6 Å². The van der Waals surface area contributed by atoms with Gasteiger partial charge < -0.3 is 10.1 Å². The maximum Gasteiger partial charge on any atom is 0.407 e. The number of carbonyl (C=O) groups is 1. The van der Waals surface area contributed by atoms with Gasteiger partial charge in [-0.15, -0.1) is 0 Å². The summed E-state index contributed by atoms with van der Waals surface area (Å²) in [5.74, 6) is 0.178. The normalized spacial score (nSPS) is 11.6. The first-order chi connectivity index (χ1) is 20.0. The zero-order valence-corrected chi connectivity index (χ0v) is 22.9. The highest BCUT2D eigenvalue weighted by molar-refractivity contribution is 5.67. The quantitative estimate of drug-likeness (QED) is 0.202. The summed E-state index contributed by atoms with van der Waals surface area (Å²) in [5, 5.41) is 2.79. The highest BCUT2D eigenvalue weighted by Gasteiger charge is 2.18. The molecule has 9 nitrogen and oxygen atoms in total. The van der Waals surface area contributed by atoms with E-state index in [0.29, 0.717) is 26.1 Å². The fourth-order valence-electron chi connectivity index (χ4n) is 4.52. The standard InChI is InChI=1S/C32H32N4O5/c1-24(41-32(40)36-20-30-12-10-29(11-13-30)19-35-23-39)14-31(15-25-2-6-27(7-3-25)17-33-21-37)16-26-4-8-28(9-5-26)18-34-22-38/h2-13,24,31H,14-20H2,1H3,(H,36,40). The van der Waals surface area contributed by atoms with Gasteiger partial charge in [0, 0.05) is 6.54 Å². The summed E-state index contributed by atoms with van der Waals surface area (Å²) in [6, 6.07) is 23.3. The van der Waals surface area contributed by atoms with E-state index in [9.17, 15) is 19.2 Å². The number of alkyl carbamates (subject to hydrolysis) is 1. The molecule has 1 N–H and O–H groups in total. The molecule has 0 saturated carbocycles. The molecule has 41 heavy (non-hydrogen) atoms. The van der Waals surface area contributed by atoms with E-state index in [-0.39, 0.29) is 18.6 Å². The van der Waals surface area contributed by atoms with E-state index in [1.54, 1.807) is 12.2 Å². The van der Waals surface area contributed by atoms with Crippen molar-refractivity contribution in [1.29, 1.82) is 0 Å². The van der Waals surface area contributed by atoms with E-state index < -0.39 is 6.09 Å². The summed E-state index contributed by atoms with van der Waals surface area (Å²) < 4.78 is 5.68. The van der Waals surface area contributed by atoms with Gasteiger partial charge in [-0.1, -0.05) is 72.8 Å². The van der Waals surface area contributed by atoms with Crippen LogP contribution < -0.4 is 5.32 Å². The van der Waals surface area contributed by atoms with Gasteiger partial charge in [-0.3, -0.25) is 0 Å². The van der Waals surface area contributed by atoms with Crippen LogP contribution >= 0.6 is 0 Å². The summed E-state index contributed by atoms with van der Waals surface area (Å²) in [6.45, 7) is 3.07. The van der Waals surface area contributed by atoms with Crippen LogP contribution in [0.3, 0.4) is 0 Å². The molecule has 0 spiro atoms. The van der Waals surface area contributed by atoms with Gasteiger partial charge in [-0.25, -0.2) is 34.2 Å². The minimum Gasteiger partial charge on any atom is -0.447 e. The SMILES string of the molecule is CC(CC(Cc1ccc(CN=C=O)cc1)Cc1ccc(CN=C=O)cc1)OC(=O)NCc1ccc(CN=C=O)cc1. The monoisotopic (exact) mass is 552 g/mol. The Balaban J connectivity index is 1.60. The Hall–Kier alpha value is -4.93. The Bertz CT molecular complexity index is 1340. The van der Waals surface area contributed by atoms with Crippen molar-refractivity contribution in [2.75, 3.05) is 0 Å². The first-order valence-corrected chi connectivity index (χ1v) is 13.3. The highest BCUT2D eigenvalue weighted by Crippen LogP contribution is 2.22. The Labute approximate surface area is 239 Å². The summed E-state index contributed by atoms with van der Waals surface area (Å²) in [7, 11) is 0. The molecule has 9 heteroatoms. The van der Waals surface area contributed by atoms with Gasteiger partial charge in [0.15, 0.2) is 0 Å². The molecule has 0 aliphatic heterocycles. The van der Waals surface area contributed by atoms with Gasteiger partial charge >= 0.3 is 6.09 Å². The summed E-state index contributed by atoms with van der Waals surface area (Å²) >= 11 is 0. The summed E-state index contributed by atoms with van der Waals surface area (Å²) in [5.41, 5.74) is 5.90. The predicted molar refractivity (Wildman–Crippen MR) is 153 cm³/mol. The lowest BCUT2D eigenvalue weighted by Crippen LogP contribution is -2.29. The number of hydrogen-bond acceptors (Lipinski definition) is 8. The number of nitrogens with zero attached hydrogens (tertiary/aromatic N) is 3. The second kappa shape index (κ2) is 16.9. The van der Waals surface area contributed by atoms with Crippen molar-refractivity contribution < 1.29 is 23.9 Å². The molecule has 0 bridgehead atoms. The molecule has 210 valence electrons. The average molecular weight is 553 g/mol. The number of amides is 1. The minimum atomic E-state index is -0.494. The second-order valence-corrected chi connectivity index (χ2v) is 9.75. The number of rotatable bonds is 15. The Morgan fingerprint density at radius 2 is 1.02 bits per heavy atom. The molecule has 0 heterocycles. The number of carbonyl (C=O) groups excluding carboxylic acids is 4. The van der Waals surface area contributed by atoms with Crippen LogP contribution in [0.15, 0.2) is 87.8 Å². The van der Waals surface area contributed by atoms with E-state index in [0.717, 1.165) is 46.2 Å². The number of benzene rings is 3. The van der Waals surface area contributed by atoms with E-state index in [2.05, 4.69) is 20.3 Å². The second-order valence-electron chi connectivity index (χ2n) is 9.75. The fourth-order valence-corrected chi connectivity index (χ4v) is 4.52. The van der Waals surface area contributed by atoms with Crippen LogP contribution in [0, 0.1) is 5.92 Å². The van der Waals surface area contributed by atoms with Crippen LogP contribution in [0.25, 0.3) is 0 Å². The van der Waals surface area contributed by atoms with Gasteiger partial charge in [-0.05, 0) is 65.5 Å². The van der Waals surface area contributed by atoms with Crippen LogP contribution in [0.5, 0.6) is 0 Å². The molecule has 0 aromatic heterocycles. The number of nitrogens with one attached hydrogen (secondary N) is 1. The van der Waals surface area contributed by atoms with E-state index >= 15 is 0 Å². The van der Waals surface area contributed by atoms with Gasteiger partial charge in [0.25, 0.3) is 0 Å². The maximum atomic E-state index is 12.5. The molecule has 1 atom stereocenters. The average Bonchev–Trinajstić information content (AvgIpc) is 2.98. The number of hydrogen-bond donors (Lipinski definition) is 1. The number of ether oxygens (including phenoxy) is 1. The molecule has 0 fully saturated rings. The van der Waals surface area contributed by atoms with Crippen molar-refractivity contribution in [2.45, 2.75) is 58.5 Å². The third kappa shape index (κ3) is 11.4. The zero-order valence-electron chi connectivity index (χ0n) is 22.9. The summed E-state index contributed by atoms with van der Waals surface area (Å²) in [4.78, 5) is 54.4. The van der Waals surface area contributed by atoms with Crippen molar-refractivity contribution in [3.05, 3.63) is 106 Å². The topological polar surface area (TPSA) is 127 Å². The van der Waals surface area contributed by atoms with Crippen molar-refractivity contribution >= 4 is 24.3 Å². The van der Waals surface area contributed by atoms with E-state index in [1.807, 2.05) is 79.7 Å². The zero-order chi connectivity index (χ0) is 29.3. The lowest BCUT2D eigenvalue weighted by atomic mass is 9.88. The molecule has 0 radical (unpaired) electrons. The van der Waals surface area contributed by atoms with Crippen molar-refractivity contribution in [1.82, 2.24) is 5.32 Å². The fraction of sp³-hybridized carbons (Fsp3) is 0.312. The van der Waals surface area contributed by atoms with Crippen molar-refractivity contribution in [2.24, 2.45) is 20.9 Å².